The molecule has 4 rings (SSSR count). The van der Waals surface area contributed by atoms with Crippen LogP contribution in [0.4, 0.5) is 0 Å². The van der Waals surface area contributed by atoms with Crippen molar-refractivity contribution in [2.45, 2.75) is 81.4 Å². The van der Waals surface area contributed by atoms with E-state index in [1.807, 2.05) is 0 Å². The molecule has 1 amide bonds. The summed E-state index contributed by atoms with van der Waals surface area (Å²) in [6.07, 6.45) is 12.6. The van der Waals surface area contributed by atoms with Crippen LogP contribution in [0.15, 0.2) is 5.16 Å². The molecule has 1 aliphatic heterocycles. The first-order chi connectivity index (χ1) is 12.8. The summed E-state index contributed by atoms with van der Waals surface area (Å²) in [5, 5.41) is 11.2. The maximum absolute atomic E-state index is 12.2. The number of likely N-dealkylation sites (tertiary alicyclic amines) is 1. The van der Waals surface area contributed by atoms with Gasteiger partial charge in [-0.2, -0.15) is 0 Å². The zero-order valence-electron chi connectivity index (χ0n) is 15.6. The first-order valence-electron chi connectivity index (χ1n) is 10.3. The molecular weight excluding hydrogens is 346 g/mol. The molecule has 0 bridgehead atoms. The highest BCUT2D eigenvalue weighted by Crippen LogP contribution is 2.29. The number of carbonyl (C=O) groups is 1. The molecule has 0 unspecified atom stereocenters. The minimum absolute atomic E-state index is 0.108. The van der Waals surface area contributed by atoms with Gasteiger partial charge in [0, 0.05) is 31.6 Å². The summed E-state index contributed by atoms with van der Waals surface area (Å²) in [6.45, 7) is 2.27. The summed E-state index contributed by atoms with van der Waals surface area (Å²) < 4.78 is 0. The molecule has 0 aromatic carbocycles. The third kappa shape index (κ3) is 5.22. The molecule has 1 aromatic heterocycles. The summed E-state index contributed by atoms with van der Waals surface area (Å²) in [7, 11) is 0. The Morgan fingerprint density at radius 3 is 2.65 bits per heavy atom. The fraction of sp³-hybridized carbons (Fsp3) is 0.842. The van der Waals surface area contributed by atoms with Gasteiger partial charge in [-0.25, -0.2) is 4.98 Å². The van der Waals surface area contributed by atoms with Gasteiger partial charge in [-0.3, -0.25) is 9.89 Å². The number of aryl methyl sites for hydroxylation is 1. The lowest BCUT2D eigenvalue weighted by Crippen LogP contribution is -2.45. The van der Waals surface area contributed by atoms with Gasteiger partial charge in [0.05, 0.1) is 5.75 Å². The van der Waals surface area contributed by atoms with Gasteiger partial charge in [0.2, 0.25) is 11.1 Å². The molecular formula is C19H31N5OS. The predicted octanol–water partition coefficient (Wildman–Crippen LogP) is 2.76. The van der Waals surface area contributed by atoms with Gasteiger partial charge in [0.1, 0.15) is 5.82 Å². The predicted molar refractivity (Wildman–Crippen MR) is 103 cm³/mol. The monoisotopic (exact) mass is 377 g/mol. The number of hydrogen-bond acceptors (Lipinski definition) is 5. The van der Waals surface area contributed by atoms with Crippen molar-refractivity contribution in [3.63, 3.8) is 0 Å². The highest BCUT2D eigenvalue weighted by Gasteiger charge is 2.32. The number of amides is 1. The number of nitrogens with one attached hydrogen (secondary N) is 2. The van der Waals surface area contributed by atoms with Gasteiger partial charge in [-0.05, 0) is 38.0 Å². The van der Waals surface area contributed by atoms with E-state index in [0.29, 0.717) is 17.0 Å². The molecule has 2 heterocycles. The summed E-state index contributed by atoms with van der Waals surface area (Å²) in [5.74, 6) is 2.35. The fourth-order valence-electron chi connectivity index (χ4n) is 4.34. The number of piperidine rings is 1. The maximum atomic E-state index is 12.2. The molecule has 2 aliphatic carbocycles. The lowest BCUT2D eigenvalue weighted by Gasteiger charge is -2.32. The molecule has 0 atom stereocenters. The van der Waals surface area contributed by atoms with E-state index in [2.05, 4.69) is 25.4 Å². The van der Waals surface area contributed by atoms with Crippen molar-refractivity contribution in [3.8, 4) is 0 Å². The van der Waals surface area contributed by atoms with Gasteiger partial charge < -0.3 is 10.2 Å². The second-order valence-electron chi connectivity index (χ2n) is 8.15. The number of carbonyl (C=O) groups excluding carboxylic acids is 1. The number of nitrogens with zero attached hydrogens (tertiary/aromatic N) is 3. The Bertz CT molecular complexity index is 589. The van der Waals surface area contributed by atoms with Crippen LogP contribution in [-0.2, 0) is 11.2 Å². The second-order valence-corrected chi connectivity index (χ2v) is 9.09. The number of aromatic amines is 1. The molecule has 2 N–H and O–H groups in total. The van der Waals surface area contributed by atoms with Gasteiger partial charge in [-0.15, -0.1) is 5.10 Å². The molecule has 7 heteroatoms. The Labute approximate surface area is 160 Å². The second kappa shape index (κ2) is 8.74. The van der Waals surface area contributed by atoms with E-state index >= 15 is 0 Å². The number of aromatic nitrogens is 3. The quantitative estimate of drug-likeness (QED) is 0.682. The van der Waals surface area contributed by atoms with Gasteiger partial charge in [0.25, 0.3) is 0 Å². The highest BCUT2D eigenvalue weighted by molar-refractivity contribution is 7.99. The van der Waals surface area contributed by atoms with E-state index in [9.17, 15) is 4.79 Å². The zero-order chi connectivity index (χ0) is 17.8. The molecule has 0 radical (unpaired) electrons. The van der Waals surface area contributed by atoms with Crippen molar-refractivity contribution < 1.29 is 4.79 Å². The molecule has 1 saturated heterocycles. The lowest BCUT2D eigenvalue weighted by atomic mass is 10.0. The van der Waals surface area contributed by atoms with Crippen LogP contribution in [-0.4, -0.2) is 56.9 Å². The number of rotatable bonds is 8. The summed E-state index contributed by atoms with van der Waals surface area (Å²) >= 11 is 1.44. The van der Waals surface area contributed by atoms with Crippen LogP contribution in [0.2, 0.25) is 0 Å². The van der Waals surface area contributed by atoms with Crippen molar-refractivity contribution >= 4 is 17.7 Å². The van der Waals surface area contributed by atoms with E-state index in [1.165, 1.54) is 56.7 Å². The molecule has 2 saturated carbocycles. The fourth-order valence-corrected chi connectivity index (χ4v) is 4.97. The maximum Gasteiger partial charge on any atom is 0.230 e. The number of hydrogen-bond donors (Lipinski definition) is 2. The van der Waals surface area contributed by atoms with Gasteiger partial charge in [-0.1, -0.05) is 37.4 Å². The molecule has 6 nitrogen and oxygen atoms in total. The van der Waals surface area contributed by atoms with Crippen molar-refractivity contribution in [2.75, 3.05) is 18.8 Å². The van der Waals surface area contributed by atoms with E-state index in [0.717, 1.165) is 50.1 Å². The van der Waals surface area contributed by atoms with Crippen LogP contribution in [0, 0.1) is 5.92 Å². The van der Waals surface area contributed by atoms with E-state index in [1.54, 1.807) is 0 Å². The third-order valence-electron chi connectivity index (χ3n) is 6.07. The lowest BCUT2D eigenvalue weighted by molar-refractivity contribution is -0.119. The van der Waals surface area contributed by atoms with Crippen LogP contribution < -0.4 is 5.32 Å². The van der Waals surface area contributed by atoms with Gasteiger partial charge in [0.15, 0.2) is 0 Å². The minimum atomic E-state index is 0.108. The van der Waals surface area contributed by atoms with E-state index in [4.69, 9.17) is 0 Å². The topological polar surface area (TPSA) is 73.9 Å². The van der Waals surface area contributed by atoms with Crippen molar-refractivity contribution in [1.29, 1.82) is 0 Å². The normalized spacial score (nSPS) is 22.8. The van der Waals surface area contributed by atoms with Crippen molar-refractivity contribution in [2.24, 2.45) is 5.92 Å². The average molecular weight is 378 g/mol. The molecule has 1 aromatic rings. The molecule has 0 spiro atoms. The van der Waals surface area contributed by atoms with Crippen LogP contribution in [0.1, 0.15) is 63.6 Å². The van der Waals surface area contributed by atoms with Gasteiger partial charge >= 0.3 is 0 Å². The molecule has 26 heavy (non-hydrogen) atoms. The summed E-state index contributed by atoms with van der Waals surface area (Å²) in [6, 6.07) is 1.18. The Morgan fingerprint density at radius 2 is 1.92 bits per heavy atom. The van der Waals surface area contributed by atoms with E-state index in [-0.39, 0.29) is 5.91 Å². The molecule has 3 fully saturated rings. The number of thioether (sulfide) groups is 1. The minimum Gasteiger partial charge on any atom is -0.353 e. The van der Waals surface area contributed by atoms with Crippen LogP contribution in [0.3, 0.4) is 0 Å². The average Bonchev–Trinajstić information content (AvgIpc) is 3.18. The Kier molecular flexibility index (Phi) is 6.15. The molecule has 3 aliphatic rings. The summed E-state index contributed by atoms with van der Waals surface area (Å²) in [4.78, 5) is 19.3. The smallest absolute Gasteiger partial charge is 0.230 e. The van der Waals surface area contributed by atoms with E-state index < -0.39 is 0 Å². The van der Waals surface area contributed by atoms with Crippen LogP contribution in [0.5, 0.6) is 0 Å². The summed E-state index contributed by atoms with van der Waals surface area (Å²) in [5.41, 5.74) is 0. The third-order valence-corrected chi connectivity index (χ3v) is 6.91. The Balaban J connectivity index is 1.13. The highest BCUT2D eigenvalue weighted by atomic mass is 32.2. The number of H-pyrrole nitrogens is 1. The Morgan fingerprint density at radius 1 is 1.15 bits per heavy atom. The largest absolute Gasteiger partial charge is 0.353 e. The van der Waals surface area contributed by atoms with Crippen molar-refractivity contribution in [3.05, 3.63) is 5.82 Å². The Hall–Kier alpha value is -1.08. The zero-order valence-corrected chi connectivity index (χ0v) is 16.4. The SMILES string of the molecule is O=C(CSc1n[nH]c(CCC2CCCC2)n1)NC1CCN(C2CC2)CC1. The van der Waals surface area contributed by atoms with Crippen LogP contribution in [0.25, 0.3) is 0 Å². The molecule has 144 valence electrons. The first-order valence-corrected chi connectivity index (χ1v) is 11.3. The van der Waals surface area contributed by atoms with Crippen molar-refractivity contribution in [1.82, 2.24) is 25.4 Å². The standard InChI is InChI=1S/C19H31N5OS/c25-18(20-15-9-11-24(12-10-15)16-6-7-16)13-26-19-21-17(22-23-19)8-5-14-3-1-2-4-14/h14-16H,1-13H2,(H,20,25)(H,21,22,23). The first kappa shape index (κ1) is 18.3. The van der Waals surface area contributed by atoms with Crippen LogP contribution >= 0.6 is 11.8 Å².